The van der Waals surface area contributed by atoms with Gasteiger partial charge >= 0.3 is 0 Å². The van der Waals surface area contributed by atoms with Gasteiger partial charge in [-0.3, -0.25) is 4.79 Å². The molecule has 0 aromatic carbocycles. The van der Waals surface area contributed by atoms with E-state index in [-0.39, 0.29) is 11.9 Å². The van der Waals surface area contributed by atoms with Crippen LogP contribution in [0.1, 0.15) is 69.0 Å². The van der Waals surface area contributed by atoms with Crippen molar-refractivity contribution in [1.29, 1.82) is 0 Å². The zero-order chi connectivity index (χ0) is 17.2. The van der Waals surface area contributed by atoms with Gasteiger partial charge in [-0.1, -0.05) is 19.3 Å². The number of hydrogen-bond donors (Lipinski definition) is 0. The van der Waals surface area contributed by atoms with Crippen LogP contribution in [0.5, 0.6) is 0 Å². The Balaban J connectivity index is 1.47. The molecule has 0 bridgehead atoms. The summed E-state index contributed by atoms with van der Waals surface area (Å²) in [4.78, 5) is 19.9. The Hall–Kier alpha value is -1.76. The highest BCUT2D eigenvalue weighted by Gasteiger charge is 2.35. The normalized spacial score (nSPS) is 21.8. The summed E-state index contributed by atoms with van der Waals surface area (Å²) in [7, 11) is 0. The van der Waals surface area contributed by atoms with Crippen LogP contribution >= 0.6 is 11.3 Å². The summed E-state index contributed by atoms with van der Waals surface area (Å²) in [5.74, 6) is 1.89. The van der Waals surface area contributed by atoms with E-state index in [9.17, 15) is 4.79 Å². The number of carbonyl (C=O) groups is 1. The molecule has 1 aliphatic carbocycles. The molecule has 0 spiro atoms. The van der Waals surface area contributed by atoms with Crippen LogP contribution < -0.4 is 0 Å². The first kappa shape index (κ1) is 16.7. The fourth-order valence-electron chi connectivity index (χ4n) is 4.05. The van der Waals surface area contributed by atoms with Gasteiger partial charge in [0.25, 0.3) is 5.89 Å². The minimum absolute atomic E-state index is 0.0643. The number of amides is 1. The molecular weight excluding hydrogens is 336 g/mol. The van der Waals surface area contributed by atoms with E-state index in [1.54, 1.807) is 5.51 Å². The molecule has 1 aliphatic heterocycles. The maximum Gasteiger partial charge on any atom is 0.259 e. The van der Waals surface area contributed by atoms with Crippen LogP contribution in [0.15, 0.2) is 9.93 Å². The third-order valence-corrected chi connectivity index (χ3v) is 6.34. The van der Waals surface area contributed by atoms with E-state index < -0.39 is 0 Å². The molecule has 2 aliphatic rings. The maximum atomic E-state index is 12.8. The van der Waals surface area contributed by atoms with Crippen LogP contribution in [0.2, 0.25) is 0 Å². The molecule has 1 amide bonds. The van der Waals surface area contributed by atoms with Crippen molar-refractivity contribution in [3.8, 4) is 10.8 Å². The molecule has 1 saturated carbocycles. The van der Waals surface area contributed by atoms with Gasteiger partial charge in [0, 0.05) is 13.0 Å². The van der Waals surface area contributed by atoms with Gasteiger partial charge in [-0.2, -0.15) is 0 Å². The molecule has 134 valence electrons. The molecule has 1 saturated heterocycles. The van der Waals surface area contributed by atoms with Gasteiger partial charge in [-0.15, -0.1) is 21.5 Å². The second kappa shape index (κ2) is 7.23. The Morgan fingerprint density at radius 2 is 2.08 bits per heavy atom. The van der Waals surface area contributed by atoms with Crippen LogP contribution in [-0.4, -0.2) is 32.5 Å². The van der Waals surface area contributed by atoms with Gasteiger partial charge in [0.05, 0.1) is 11.2 Å². The Bertz CT molecular complexity index is 735. The highest BCUT2D eigenvalue weighted by atomic mass is 32.1. The van der Waals surface area contributed by atoms with E-state index in [0.29, 0.717) is 24.1 Å². The number of likely N-dealkylation sites (tertiary alicyclic amines) is 1. The van der Waals surface area contributed by atoms with Gasteiger partial charge < -0.3 is 9.32 Å². The number of aryl methyl sites for hydroxylation is 1. The molecule has 4 rings (SSSR count). The summed E-state index contributed by atoms with van der Waals surface area (Å²) < 4.78 is 5.92. The standard InChI is InChI=1S/C18H24N4O2S/c1-12-16(25-11-19-12)18-21-20-17(24-18)14-8-5-9-22(14)15(23)10-13-6-3-2-4-7-13/h11,13-14H,2-10H2,1H3. The first-order valence-corrected chi connectivity index (χ1v) is 10.1. The van der Waals surface area contributed by atoms with Crippen LogP contribution in [0, 0.1) is 12.8 Å². The fourth-order valence-corrected chi connectivity index (χ4v) is 4.77. The Morgan fingerprint density at radius 1 is 1.24 bits per heavy atom. The van der Waals surface area contributed by atoms with E-state index in [2.05, 4.69) is 15.2 Å². The van der Waals surface area contributed by atoms with E-state index >= 15 is 0 Å². The predicted molar refractivity (Wildman–Crippen MR) is 95.0 cm³/mol. The average molecular weight is 360 g/mol. The largest absolute Gasteiger partial charge is 0.418 e. The summed E-state index contributed by atoms with van der Waals surface area (Å²) >= 11 is 1.50. The zero-order valence-electron chi connectivity index (χ0n) is 14.6. The molecule has 1 unspecified atom stereocenters. The number of nitrogens with zero attached hydrogens (tertiary/aromatic N) is 4. The number of carbonyl (C=O) groups excluding carboxylic acids is 1. The van der Waals surface area contributed by atoms with Gasteiger partial charge in [-0.05, 0) is 38.5 Å². The van der Waals surface area contributed by atoms with Crippen LogP contribution in [-0.2, 0) is 4.79 Å². The van der Waals surface area contributed by atoms with Gasteiger partial charge in [0.15, 0.2) is 0 Å². The fraction of sp³-hybridized carbons (Fsp3) is 0.667. The van der Waals surface area contributed by atoms with Crippen molar-refractivity contribution in [2.45, 2.75) is 64.3 Å². The quantitative estimate of drug-likeness (QED) is 0.819. The average Bonchev–Trinajstić information content (AvgIpc) is 3.35. The Morgan fingerprint density at radius 3 is 2.84 bits per heavy atom. The molecule has 2 aromatic heterocycles. The first-order chi connectivity index (χ1) is 12.2. The summed E-state index contributed by atoms with van der Waals surface area (Å²) in [5.41, 5.74) is 2.68. The van der Waals surface area contributed by atoms with Crippen molar-refractivity contribution < 1.29 is 9.21 Å². The monoisotopic (exact) mass is 360 g/mol. The SMILES string of the molecule is Cc1ncsc1-c1nnc(C2CCCN2C(=O)CC2CCCCC2)o1. The van der Waals surface area contributed by atoms with Crippen molar-refractivity contribution in [3.63, 3.8) is 0 Å². The smallest absolute Gasteiger partial charge is 0.259 e. The van der Waals surface area contributed by atoms with E-state index in [1.807, 2.05) is 11.8 Å². The van der Waals surface area contributed by atoms with Crippen molar-refractivity contribution in [2.75, 3.05) is 6.54 Å². The topological polar surface area (TPSA) is 72.1 Å². The van der Waals surface area contributed by atoms with Crippen molar-refractivity contribution >= 4 is 17.2 Å². The second-order valence-corrected chi connectivity index (χ2v) is 8.02. The van der Waals surface area contributed by atoms with Gasteiger partial charge in [0.1, 0.15) is 10.9 Å². The van der Waals surface area contributed by atoms with E-state index in [0.717, 1.165) is 30.0 Å². The summed E-state index contributed by atoms with van der Waals surface area (Å²) in [6, 6.07) is -0.0643. The lowest BCUT2D eigenvalue weighted by Gasteiger charge is -2.26. The minimum atomic E-state index is -0.0643. The zero-order valence-corrected chi connectivity index (χ0v) is 15.4. The molecule has 2 aromatic rings. The third-order valence-electron chi connectivity index (χ3n) is 5.43. The van der Waals surface area contributed by atoms with Gasteiger partial charge in [-0.25, -0.2) is 4.98 Å². The molecule has 7 heteroatoms. The lowest BCUT2D eigenvalue weighted by Crippen LogP contribution is -2.32. The molecule has 2 fully saturated rings. The molecule has 1 atom stereocenters. The summed E-state index contributed by atoms with van der Waals surface area (Å²) in [5, 5.41) is 8.43. The summed E-state index contributed by atoms with van der Waals surface area (Å²) in [6.45, 7) is 2.73. The molecule has 6 nitrogen and oxygen atoms in total. The lowest BCUT2D eigenvalue weighted by molar-refractivity contribution is -0.133. The first-order valence-electron chi connectivity index (χ1n) is 9.25. The Kier molecular flexibility index (Phi) is 4.83. The maximum absolute atomic E-state index is 12.8. The molecular formula is C18H24N4O2S. The van der Waals surface area contributed by atoms with E-state index in [4.69, 9.17) is 4.42 Å². The van der Waals surface area contributed by atoms with Gasteiger partial charge in [0.2, 0.25) is 11.8 Å². The number of rotatable bonds is 4. The summed E-state index contributed by atoms with van der Waals surface area (Å²) in [6.07, 6.45) is 8.81. The molecule has 0 N–H and O–H groups in total. The number of aromatic nitrogens is 3. The van der Waals surface area contributed by atoms with Crippen LogP contribution in [0.25, 0.3) is 10.8 Å². The van der Waals surface area contributed by atoms with Crippen LogP contribution in [0.3, 0.4) is 0 Å². The van der Waals surface area contributed by atoms with Crippen LogP contribution in [0.4, 0.5) is 0 Å². The van der Waals surface area contributed by atoms with Crippen molar-refractivity contribution in [2.24, 2.45) is 5.92 Å². The molecule has 25 heavy (non-hydrogen) atoms. The van der Waals surface area contributed by atoms with Crippen molar-refractivity contribution in [3.05, 3.63) is 17.1 Å². The lowest BCUT2D eigenvalue weighted by atomic mass is 9.86. The Labute approximate surface area is 151 Å². The highest BCUT2D eigenvalue weighted by Crippen LogP contribution is 2.36. The number of hydrogen-bond acceptors (Lipinski definition) is 6. The molecule has 3 heterocycles. The van der Waals surface area contributed by atoms with Crippen molar-refractivity contribution in [1.82, 2.24) is 20.1 Å². The highest BCUT2D eigenvalue weighted by molar-refractivity contribution is 7.13. The third kappa shape index (κ3) is 3.47. The second-order valence-electron chi connectivity index (χ2n) is 7.17. The molecule has 0 radical (unpaired) electrons. The number of thiazole rings is 1. The predicted octanol–water partition coefficient (Wildman–Crippen LogP) is 4.14. The van der Waals surface area contributed by atoms with E-state index in [1.165, 1.54) is 43.4 Å². The minimum Gasteiger partial charge on any atom is -0.418 e.